The Bertz CT molecular complexity index is 594. The maximum absolute atomic E-state index is 12.4. The summed E-state index contributed by atoms with van der Waals surface area (Å²) in [7, 11) is -0.580. The molecule has 0 amide bonds. The van der Waals surface area contributed by atoms with Gasteiger partial charge in [-0.15, -0.1) is 0 Å². The van der Waals surface area contributed by atoms with Crippen molar-refractivity contribution in [1.82, 2.24) is 4.72 Å². The zero-order chi connectivity index (χ0) is 15.5. The molecule has 2 rings (SSSR count). The molecule has 7 heteroatoms. The van der Waals surface area contributed by atoms with Crippen LogP contribution in [0.15, 0.2) is 17.0 Å². The van der Waals surface area contributed by atoms with Gasteiger partial charge in [0.1, 0.15) is 0 Å². The Morgan fingerprint density at radius 2 is 1.95 bits per heavy atom. The standard InChI is InChI=1S/C14H21NO5S/c1-10-6-12(18-2)13(19-3)7-14(10)21(16,17)15-8-11-4-5-20-9-11/h6-7,11,15H,4-5,8-9H2,1-3H3/t11-/m1/s1. The van der Waals surface area contributed by atoms with Gasteiger partial charge in [-0.25, -0.2) is 13.1 Å². The van der Waals surface area contributed by atoms with E-state index in [4.69, 9.17) is 14.2 Å². The topological polar surface area (TPSA) is 73.9 Å². The van der Waals surface area contributed by atoms with Gasteiger partial charge >= 0.3 is 0 Å². The van der Waals surface area contributed by atoms with Crippen LogP contribution in [0.1, 0.15) is 12.0 Å². The average Bonchev–Trinajstić information content (AvgIpc) is 2.98. The van der Waals surface area contributed by atoms with Crippen LogP contribution in [0.5, 0.6) is 11.5 Å². The molecule has 1 aliphatic heterocycles. The lowest BCUT2D eigenvalue weighted by Crippen LogP contribution is -2.30. The number of aryl methyl sites for hydroxylation is 1. The number of nitrogens with one attached hydrogen (secondary N) is 1. The quantitative estimate of drug-likeness (QED) is 0.857. The number of ether oxygens (including phenoxy) is 3. The molecule has 1 atom stereocenters. The van der Waals surface area contributed by atoms with Gasteiger partial charge in [0.15, 0.2) is 11.5 Å². The van der Waals surface area contributed by atoms with Gasteiger partial charge in [0, 0.05) is 19.2 Å². The van der Waals surface area contributed by atoms with E-state index in [1.54, 1.807) is 13.0 Å². The summed E-state index contributed by atoms with van der Waals surface area (Å²) < 4.78 is 43.1. The number of sulfonamides is 1. The average molecular weight is 315 g/mol. The van der Waals surface area contributed by atoms with Crippen molar-refractivity contribution in [2.75, 3.05) is 34.0 Å². The number of methoxy groups -OCH3 is 2. The molecule has 1 N–H and O–H groups in total. The molecule has 1 fully saturated rings. The summed E-state index contributed by atoms with van der Waals surface area (Å²) in [5.41, 5.74) is 0.614. The molecule has 21 heavy (non-hydrogen) atoms. The Labute approximate surface area is 125 Å². The van der Waals surface area contributed by atoms with Gasteiger partial charge in [-0.2, -0.15) is 0 Å². The van der Waals surface area contributed by atoms with Crippen LogP contribution in [-0.2, 0) is 14.8 Å². The fourth-order valence-corrected chi connectivity index (χ4v) is 3.66. The van der Waals surface area contributed by atoms with Gasteiger partial charge < -0.3 is 14.2 Å². The van der Waals surface area contributed by atoms with Crippen LogP contribution >= 0.6 is 0 Å². The molecular formula is C14H21NO5S. The molecule has 118 valence electrons. The number of hydrogen-bond acceptors (Lipinski definition) is 5. The molecular weight excluding hydrogens is 294 g/mol. The Balaban J connectivity index is 2.22. The zero-order valence-electron chi connectivity index (χ0n) is 12.5. The highest BCUT2D eigenvalue weighted by Gasteiger charge is 2.23. The van der Waals surface area contributed by atoms with E-state index in [0.29, 0.717) is 36.8 Å². The molecule has 1 saturated heterocycles. The molecule has 0 radical (unpaired) electrons. The maximum atomic E-state index is 12.4. The summed E-state index contributed by atoms with van der Waals surface area (Å²) >= 11 is 0. The van der Waals surface area contributed by atoms with Gasteiger partial charge in [0.25, 0.3) is 0 Å². The van der Waals surface area contributed by atoms with E-state index in [1.165, 1.54) is 20.3 Å². The first-order valence-electron chi connectivity index (χ1n) is 6.78. The summed E-state index contributed by atoms with van der Waals surface area (Å²) in [5, 5.41) is 0. The van der Waals surface area contributed by atoms with E-state index >= 15 is 0 Å². The first-order chi connectivity index (χ1) is 9.97. The van der Waals surface area contributed by atoms with E-state index in [-0.39, 0.29) is 10.8 Å². The summed E-state index contributed by atoms with van der Waals surface area (Å²) in [4.78, 5) is 0.207. The first-order valence-corrected chi connectivity index (χ1v) is 8.26. The molecule has 0 aliphatic carbocycles. The molecule has 0 spiro atoms. The highest BCUT2D eigenvalue weighted by atomic mass is 32.2. The van der Waals surface area contributed by atoms with Crippen molar-refractivity contribution in [2.24, 2.45) is 5.92 Å². The molecule has 0 saturated carbocycles. The fraction of sp³-hybridized carbons (Fsp3) is 0.571. The van der Waals surface area contributed by atoms with Crippen LogP contribution in [0.25, 0.3) is 0 Å². The smallest absolute Gasteiger partial charge is 0.240 e. The summed E-state index contributed by atoms with van der Waals surface area (Å²) in [6.07, 6.45) is 0.882. The molecule has 1 aromatic rings. The van der Waals surface area contributed by atoms with E-state index in [2.05, 4.69) is 4.72 Å². The van der Waals surface area contributed by atoms with Crippen molar-refractivity contribution < 1.29 is 22.6 Å². The van der Waals surface area contributed by atoms with Crippen molar-refractivity contribution in [3.05, 3.63) is 17.7 Å². The van der Waals surface area contributed by atoms with Crippen LogP contribution in [-0.4, -0.2) is 42.4 Å². The Hall–Kier alpha value is -1.31. The van der Waals surface area contributed by atoms with Gasteiger partial charge in [-0.3, -0.25) is 0 Å². The van der Waals surface area contributed by atoms with Crippen molar-refractivity contribution in [3.63, 3.8) is 0 Å². The highest BCUT2D eigenvalue weighted by Crippen LogP contribution is 2.32. The zero-order valence-corrected chi connectivity index (χ0v) is 13.3. The van der Waals surface area contributed by atoms with E-state index in [1.807, 2.05) is 0 Å². The minimum absolute atomic E-state index is 0.207. The summed E-state index contributed by atoms with van der Waals surface area (Å²) in [6, 6.07) is 3.15. The fourth-order valence-electron chi connectivity index (χ4n) is 2.30. The van der Waals surface area contributed by atoms with Crippen LogP contribution in [0, 0.1) is 12.8 Å². The first kappa shape index (κ1) is 16.1. The third-order valence-corrected chi connectivity index (χ3v) is 5.12. The molecule has 0 bridgehead atoms. The molecule has 0 aromatic heterocycles. The molecule has 1 aromatic carbocycles. The Morgan fingerprint density at radius 3 is 2.52 bits per heavy atom. The predicted octanol–water partition coefficient (Wildman–Crippen LogP) is 1.33. The molecule has 1 heterocycles. The highest BCUT2D eigenvalue weighted by molar-refractivity contribution is 7.89. The van der Waals surface area contributed by atoms with Crippen LogP contribution in [0.2, 0.25) is 0 Å². The monoisotopic (exact) mass is 315 g/mol. The largest absolute Gasteiger partial charge is 0.493 e. The van der Waals surface area contributed by atoms with Crippen molar-refractivity contribution in [2.45, 2.75) is 18.2 Å². The number of rotatable bonds is 6. The number of hydrogen-bond donors (Lipinski definition) is 1. The summed E-state index contributed by atoms with van der Waals surface area (Å²) in [6.45, 7) is 3.42. The molecule has 0 unspecified atom stereocenters. The second-order valence-electron chi connectivity index (χ2n) is 5.05. The third kappa shape index (κ3) is 3.66. The summed E-state index contributed by atoms with van der Waals surface area (Å²) in [5.74, 6) is 1.14. The third-order valence-electron chi connectivity index (χ3n) is 3.56. The number of benzene rings is 1. The SMILES string of the molecule is COc1cc(C)c(S(=O)(=O)NC[C@H]2CCOC2)cc1OC. The maximum Gasteiger partial charge on any atom is 0.240 e. The van der Waals surface area contributed by atoms with Gasteiger partial charge in [0.05, 0.1) is 25.7 Å². The Morgan fingerprint density at radius 1 is 1.29 bits per heavy atom. The van der Waals surface area contributed by atoms with Crippen LogP contribution in [0.3, 0.4) is 0 Å². The normalized spacial score (nSPS) is 18.7. The van der Waals surface area contributed by atoms with Gasteiger partial charge in [0.2, 0.25) is 10.0 Å². The van der Waals surface area contributed by atoms with Crippen molar-refractivity contribution >= 4 is 10.0 Å². The molecule has 1 aliphatic rings. The van der Waals surface area contributed by atoms with E-state index in [9.17, 15) is 8.42 Å². The van der Waals surface area contributed by atoms with E-state index in [0.717, 1.165) is 6.42 Å². The van der Waals surface area contributed by atoms with Crippen LogP contribution in [0.4, 0.5) is 0 Å². The van der Waals surface area contributed by atoms with Crippen LogP contribution < -0.4 is 14.2 Å². The minimum Gasteiger partial charge on any atom is -0.493 e. The van der Waals surface area contributed by atoms with Gasteiger partial charge in [-0.1, -0.05) is 0 Å². The minimum atomic E-state index is -3.58. The predicted molar refractivity (Wildman–Crippen MR) is 78.4 cm³/mol. The molecule has 6 nitrogen and oxygen atoms in total. The lowest BCUT2D eigenvalue weighted by molar-refractivity contribution is 0.186. The second kappa shape index (κ2) is 6.64. The Kier molecular flexibility index (Phi) is 5.08. The van der Waals surface area contributed by atoms with E-state index < -0.39 is 10.0 Å². The second-order valence-corrected chi connectivity index (χ2v) is 6.79. The van der Waals surface area contributed by atoms with Crippen molar-refractivity contribution in [3.8, 4) is 11.5 Å². The van der Waals surface area contributed by atoms with Gasteiger partial charge in [-0.05, 0) is 30.9 Å². The lowest BCUT2D eigenvalue weighted by atomic mass is 10.1. The van der Waals surface area contributed by atoms with Crippen molar-refractivity contribution in [1.29, 1.82) is 0 Å². The lowest BCUT2D eigenvalue weighted by Gasteiger charge is -2.15.